The monoisotopic (exact) mass is 229 g/mol. The van der Waals surface area contributed by atoms with Gasteiger partial charge in [0.25, 0.3) is 0 Å². The van der Waals surface area contributed by atoms with Gasteiger partial charge in [0.15, 0.2) is 0 Å². The lowest BCUT2D eigenvalue weighted by atomic mass is 10.3. The number of carbonyl (C=O) groups is 1. The first-order valence-corrected chi connectivity index (χ1v) is 4.15. The highest BCUT2D eigenvalue weighted by Crippen LogP contribution is 2.15. The molecular weight excluding hydrogens is 222 g/mol. The fourth-order valence-corrected chi connectivity index (χ4v) is 1.03. The number of rotatable bonds is 1. The first-order chi connectivity index (χ1) is 5.65. The molecule has 0 spiro atoms. The van der Waals surface area contributed by atoms with E-state index >= 15 is 0 Å². The normalized spacial score (nSPS) is 9.58. The average Bonchev–Trinajstić information content (AvgIpc) is 2.08. The molecule has 0 atom stereocenters. The van der Waals surface area contributed by atoms with E-state index in [1.54, 1.807) is 12.3 Å². The summed E-state index contributed by atoms with van der Waals surface area (Å²) in [6, 6.07) is 1.64. The number of aryl methyl sites for hydroxylation is 1. The van der Waals surface area contributed by atoms with Crippen molar-refractivity contribution >= 4 is 21.9 Å². The lowest BCUT2D eigenvalue weighted by molar-refractivity contribution is 0.0594. The Morgan fingerprint density at radius 3 is 2.83 bits per heavy atom. The molecule has 4 heteroatoms. The van der Waals surface area contributed by atoms with Crippen molar-refractivity contribution in [2.75, 3.05) is 7.11 Å². The second-order valence-corrected chi connectivity index (χ2v) is 3.16. The Hall–Kier alpha value is -0.900. The zero-order valence-electron chi connectivity index (χ0n) is 6.80. The molecule has 12 heavy (non-hydrogen) atoms. The Bertz CT molecular complexity index is 312. The quantitative estimate of drug-likeness (QED) is 0.692. The van der Waals surface area contributed by atoms with E-state index in [1.165, 1.54) is 7.11 Å². The van der Waals surface area contributed by atoms with E-state index in [0.29, 0.717) is 5.69 Å². The number of hydrogen-bond acceptors (Lipinski definition) is 3. The van der Waals surface area contributed by atoms with E-state index in [4.69, 9.17) is 0 Å². The largest absolute Gasteiger partial charge is 0.464 e. The van der Waals surface area contributed by atoms with Gasteiger partial charge in [0.2, 0.25) is 0 Å². The van der Waals surface area contributed by atoms with Gasteiger partial charge in [0.1, 0.15) is 5.69 Å². The maximum absolute atomic E-state index is 11.0. The van der Waals surface area contributed by atoms with Crippen molar-refractivity contribution in [3.8, 4) is 0 Å². The fourth-order valence-electron chi connectivity index (χ4n) is 0.715. The number of pyridine rings is 1. The molecule has 1 aromatic heterocycles. The summed E-state index contributed by atoms with van der Waals surface area (Å²) in [5, 5.41) is 0. The van der Waals surface area contributed by atoms with Gasteiger partial charge in [-0.3, -0.25) is 0 Å². The summed E-state index contributed by atoms with van der Waals surface area (Å²) < 4.78 is 5.37. The second kappa shape index (κ2) is 3.67. The number of aromatic nitrogens is 1. The minimum Gasteiger partial charge on any atom is -0.464 e. The molecule has 0 aliphatic carbocycles. The van der Waals surface area contributed by atoms with Crippen LogP contribution in [0.1, 0.15) is 16.1 Å². The predicted molar refractivity (Wildman–Crippen MR) is 48.0 cm³/mol. The van der Waals surface area contributed by atoms with Gasteiger partial charge >= 0.3 is 5.97 Å². The lowest BCUT2D eigenvalue weighted by Gasteiger charge is -2.00. The standard InChI is InChI=1S/C8H8BrNO2/c1-5-4-10-7(3-6(5)9)8(11)12-2/h3-4H,1-2H3. The van der Waals surface area contributed by atoms with Gasteiger partial charge in [-0.25, -0.2) is 9.78 Å². The van der Waals surface area contributed by atoms with Crippen LogP contribution in [0, 0.1) is 6.92 Å². The molecule has 0 aliphatic rings. The zero-order valence-corrected chi connectivity index (χ0v) is 8.38. The third kappa shape index (κ3) is 1.82. The summed E-state index contributed by atoms with van der Waals surface area (Å²) in [6.45, 7) is 1.90. The van der Waals surface area contributed by atoms with Gasteiger partial charge in [-0.05, 0) is 18.6 Å². The van der Waals surface area contributed by atoms with Gasteiger partial charge in [0.05, 0.1) is 7.11 Å². The molecule has 0 saturated heterocycles. The number of nitrogens with zero attached hydrogens (tertiary/aromatic N) is 1. The molecule has 0 fully saturated rings. The van der Waals surface area contributed by atoms with Crippen LogP contribution in [0.15, 0.2) is 16.7 Å². The van der Waals surface area contributed by atoms with Crippen molar-refractivity contribution in [3.05, 3.63) is 28.0 Å². The number of carbonyl (C=O) groups excluding carboxylic acids is 1. The summed E-state index contributed by atoms with van der Waals surface area (Å²) in [6.07, 6.45) is 1.62. The zero-order chi connectivity index (χ0) is 9.14. The van der Waals surface area contributed by atoms with E-state index < -0.39 is 5.97 Å². The van der Waals surface area contributed by atoms with Crippen LogP contribution in [-0.4, -0.2) is 18.1 Å². The van der Waals surface area contributed by atoms with Crippen LogP contribution in [0.3, 0.4) is 0 Å². The maximum atomic E-state index is 11.0. The van der Waals surface area contributed by atoms with Crippen LogP contribution in [-0.2, 0) is 4.74 Å². The predicted octanol–water partition coefficient (Wildman–Crippen LogP) is 1.94. The Kier molecular flexibility index (Phi) is 2.81. The van der Waals surface area contributed by atoms with E-state index in [1.807, 2.05) is 6.92 Å². The minimum absolute atomic E-state index is 0.315. The minimum atomic E-state index is -0.421. The van der Waals surface area contributed by atoms with Crippen molar-refractivity contribution in [3.63, 3.8) is 0 Å². The SMILES string of the molecule is COC(=O)c1cc(Br)c(C)cn1. The van der Waals surface area contributed by atoms with Crippen molar-refractivity contribution in [1.29, 1.82) is 0 Å². The van der Waals surface area contributed by atoms with Gasteiger partial charge in [-0.2, -0.15) is 0 Å². The van der Waals surface area contributed by atoms with Crippen LogP contribution in [0.25, 0.3) is 0 Å². The van der Waals surface area contributed by atoms with Crippen LogP contribution in [0.4, 0.5) is 0 Å². The molecule has 0 unspecified atom stereocenters. The molecule has 0 radical (unpaired) electrons. The Balaban J connectivity index is 3.05. The maximum Gasteiger partial charge on any atom is 0.356 e. The van der Waals surface area contributed by atoms with Gasteiger partial charge in [0, 0.05) is 10.7 Å². The highest BCUT2D eigenvalue weighted by atomic mass is 79.9. The summed E-state index contributed by atoms with van der Waals surface area (Å²) in [5.41, 5.74) is 1.30. The molecule has 0 aliphatic heterocycles. The lowest BCUT2D eigenvalue weighted by Crippen LogP contribution is -2.04. The molecule has 0 bridgehead atoms. The third-order valence-corrected chi connectivity index (χ3v) is 2.29. The number of ether oxygens (including phenoxy) is 1. The molecular formula is C8H8BrNO2. The summed E-state index contributed by atoms with van der Waals surface area (Å²) in [5.74, 6) is -0.421. The second-order valence-electron chi connectivity index (χ2n) is 2.31. The van der Waals surface area contributed by atoms with Crippen LogP contribution < -0.4 is 0 Å². The molecule has 3 nitrogen and oxygen atoms in total. The molecule has 0 saturated carbocycles. The summed E-state index contributed by atoms with van der Waals surface area (Å²) in [4.78, 5) is 14.9. The average molecular weight is 230 g/mol. The Morgan fingerprint density at radius 1 is 1.67 bits per heavy atom. The van der Waals surface area contributed by atoms with Crippen LogP contribution in [0.2, 0.25) is 0 Å². The van der Waals surface area contributed by atoms with Crippen LogP contribution >= 0.6 is 15.9 Å². The number of hydrogen-bond donors (Lipinski definition) is 0. The summed E-state index contributed by atoms with van der Waals surface area (Å²) >= 11 is 3.30. The van der Waals surface area contributed by atoms with Gasteiger partial charge < -0.3 is 4.74 Å². The van der Waals surface area contributed by atoms with Gasteiger partial charge in [-0.1, -0.05) is 15.9 Å². The third-order valence-electron chi connectivity index (χ3n) is 1.43. The van der Waals surface area contributed by atoms with E-state index in [2.05, 4.69) is 25.7 Å². The van der Waals surface area contributed by atoms with Crippen molar-refractivity contribution in [1.82, 2.24) is 4.98 Å². The number of esters is 1. The molecule has 1 aromatic rings. The first-order valence-electron chi connectivity index (χ1n) is 3.35. The molecule has 1 heterocycles. The van der Waals surface area contributed by atoms with Crippen molar-refractivity contribution in [2.45, 2.75) is 6.92 Å². The number of methoxy groups -OCH3 is 1. The fraction of sp³-hybridized carbons (Fsp3) is 0.250. The topological polar surface area (TPSA) is 39.2 Å². The highest BCUT2D eigenvalue weighted by molar-refractivity contribution is 9.10. The smallest absolute Gasteiger partial charge is 0.356 e. The van der Waals surface area contributed by atoms with E-state index in [9.17, 15) is 4.79 Å². The van der Waals surface area contributed by atoms with E-state index in [-0.39, 0.29) is 0 Å². The van der Waals surface area contributed by atoms with E-state index in [0.717, 1.165) is 10.0 Å². The number of halogens is 1. The van der Waals surface area contributed by atoms with Crippen LogP contribution in [0.5, 0.6) is 0 Å². The van der Waals surface area contributed by atoms with Crippen molar-refractivity contribution < 1.29 is 9.53 Å². The van der Waals surface area contributed by atoms with Gasteiger partial charge in [-0.15, -0.1) is 0 Å². The Morgan fingerprint density at radius 2 is 2.33 bits per heavy atom. The molecule has 64 valence electrons. The molecule has 0 aromatic carbocycles. The van der Waals surface area contributed by atoms with Crippen molar-refractivity contribution in [2.24, 2.45) is 0 Å². The highest BCUT2D eigenvalue weighted by Gasteiger charge is 2.07. The molecule has 0 amide bonds. The Labute approximate surface area is 78.9 Å². The molecule has 0 N–H and O–H groups in total. The molecule has 1 rings (SSSR count). The first kappa shape index (κ1) is 9.19. The summed E-state index contributed by atoms with van der Waals surface area (Å²) in [7, 11) is 1.33.